The highest BCUT2D eigenvalue weighted by Crippen LogP contribution is 2.69. The number of para-hydroxylation sites is 1. The summed E-state index contributed by atoms with van der Waals surface area (Å²) in [6.07, 6.45) is 4.69. The van der Waals surface area contributed by atoms with Gasteiger partial charge in [0.1, 0.15) is 0 Å². The van der Waals surface area contributed by atoms with Gasteiger partial charge in [0, 0.05) is 42.5 Å². The Bertz CT molecular complexity index is 1320. The summed E-state index contributed by atoms with van der Waals surface area (Å²) in [6, 6.07) is 12.5. The fraction of sp³-hybridized carbons (Fsp3) is 0.481. The summed E-state index contributed by atoms with van der Waals surface area (Å²) in [5.74, 6) is 1.60. The van der Waals surface area contributed by atoms with Gasteiger partial charge in [0.15, 0.2) is 17.6 Å². The molecule has 2 fully saturated rings. The number of fused-ring (bicyclic) bond motifs is 4. The van der Waals surface area contributed by atoms with E-state index < -0.39 is 11.0 Å². The first kappa shape index (κ1) is 18.0. The third-order valence-electron chi connectivity index (χ3n) is 9.47. The van der Waals surface area contributed by atoms with Gasteiger partial charge in [-0.15, -0.1) is 0 Å². The fourth-order valence-electron chi connectivity index (χ4n) is 7.93. The number of ether oxygens (including phenoxy) is 1. The number of likely N-dealkylation sites (tertiary alicyclic amines) is 1. The summed E-state index contributed by atoms with van der Waals surface area (Å²) in [4.78, 5) is 2.59. The summed E-state index contributed by atoms with van der Waals surface area (Å²) < 4.78 is 8.96. The molecule has 2 N–H and O–H groups in total. The molecule has 3 aromatic rings. The molecule has 3 aliphatic carbocycles. The van der Waals surface area contributed by atoms with Crippen LogP contribution in [-0.2, 0) is 25.3 Å². The van der Waals surface area contributed by atoms with Gasteiger partial charge in [-0.1, -0.05) is 24.3 Å². The van der Waals surface area contributed by atoms with Crippen LogP contribution >= 0.6 is 0 Å². The summed E-state index contributed by atoms with van der Waals surface area (Å²) in [6.45, 7) is 2.08. The summed E-state index contributed by atoms with van der Waals surface area (Å²) in [5.41, 5.74) is 4.50. The molecule has 1 unspecified atom stereocenters. The number of aliphatic hydroxyl groups is 1. The van der Waals surface area contributed by atoms with Crippen molar-refractivity contribution in [2.45, 2.75) is 55.3 Å². The van der Waals surface area contributed by atoms with Gasteiger partial charge in [0.25, 0.3) is 0 Å². The number of hydrogen-bond donors (Lipinski definition) is 2. The predicted molar refractivity (Wildman–Crippen MR) is 121 cm³/mol. The molecule has 3 heterocycles. The Morgan fingerprint density at radius 3 is 2.84 bits per heavy atom. The molecular weight excluding hydrogens is 400 g/mol. The average molecular weight is 429 g/mol. The lowest BCUT2D eigenvalue weighted by molar-refractivity contribution is -0.173. The number of aromatic hydroxyl groups is 1. The van der Waals surface area contributed by atoms with Crippen molar-refractivity contribution in [3.05, 3.63) is 58.8 Å². The second kappa shape index (κ2) is 5.52. The SMILES string of the molecule is Cn1c2c(c3ccccc31)C[C@@]1(O)[C@H]3Cc4ccc(O)c5c4[C@@]1(CCN3CC1CC1)C2O5. The van der Waals surface area contributed by atoms with Gasteiger partial charge in [-0.3, -0.25) is 4.90 Å². The highest BCUT2D eigenvalue weighted by atomic mass is 16.5. The first-order chi connectivity index (χ1) is 15.5. The molecule has 0 radical (unpaired) electrons. The first-order valence-electron chi connectivity index (χ1n) is 12.1. The van der Waals surface area contributed by atoms with E-state index in [1.54, 1.807) is 6.07 Å². The standard InChI is InChI=1S/C27H28N2O3/c1-28-19-5-3-2-4-17(19)18-13-27(31)21-12-16-8-9-20(30)24-22(16)26(27,25(32-24)23(18)28)10-11-29(21)14-15-6-7-15/h2-5,8-9,15,21,25,30-31H,6-7,10-14H2,1H3/t21-,25?,26+,27-/m1/s1. The number of benzene rings is 2. The number of aryl methyl sites for hydroxylation is 1. The maximum atomic E-state index is 12.8. The number of phenols is 1. The van der Waals surface area contributed by atoms with Gasteiger partial charge in [-0.2, -0.15) is 0 Å². The van der Waals surface area contributed by atoms with Crippen LogP contribution in [0.3, 0.4) is 0 Å². The number of phenolic OH excluding ortho intramolecular Hbond substituents is 1. The van der Waals surface area contributed by atoms with Gasteiger partial charge in [-0.25, -0.2) is 0 Å². The lowest BCUT2D eigenvalue weighted by atomic mass is 9.49. The van der Waals surface area contributed by atoms with E-state index in [1.807, 2.05) is 0 Å². The highest BCUT2D eigenvalue weighted by Gasteiger charge is 2.73. The molecule has 8 rings (SSSR count). The molecule has 2 aliphatic heterocycles. The van der Waals surface area contributed by atoms with Crippen molar-refractivity contribution in [1.82, 2.24) is 9.47 Å². The van der Waals surface area contributed by atoms with Crippen molar-refractivity contribution < 1.29 is 14.9 Å². The second-order valence-electron chi connectivity index (χ2n) is 10.9. The third-order valence-corrected chi connectivity index (χ3v) is 9.47. The van der Waals surface area contributed by atoms with Crippen LogP contribution in [0.2, 0.25) is 0 Å². The molecule has 2 aromatic carbocycles. The lowest BCUT2D eigenvalue weighted by Crippen LogP contribution is -2.74. The van der Waals surface area contributed by atoms with Crippen LogP contribution in [-0.4, -0.2) is 44.4 Å². The number of hydrogen-bond acceptors (Lipinski definition) is 4. The van der Waals surface area contributed by atoms with Gasteiger partial charge < -0.3 is 19.5 Å². The van der Waals surface area contributed by atoms with Crippen LogP contribution in [0.4, 0.5) is 0 Å². The van der Waals surface area contributed by atoms with Crippen molar-refractivity contribution in [2.24, 2.45) is 13.0 Å². The average Bonchev–Trinajstić information content (AvgIpc) is 3.47. The Hall–Kier alpha value is -2.50. The van der Waals surface area contributed by atoms with Crippen LogP contribution in [0, 0.1) is 5.92 Å². The Morgan fingerprint density at radius 2 is 2.00 bits per heavy atom. The zero-order chi connectivity index (χ0) is 21.4. The molecule has 0 amide bonds. The van der Waals surface area contributed by atoms with E-state index in [1.165, 1.54) is 40.6 Å². The van der Waals surface area contributed by atoms with Crippen LogP contribution in [0.5, 0.6) is 11.5 Å². The van der Waals surface area contributed by atoms with E-state index >= 15 is 0 Å². The van der Waals surface area contributed by atoms with E-state index in [4.69, 9.17) is 4.74 Å². The Labute approximate surface area is 187 Å². The normalized spacial score (nSPS) is 34.3. The zero-order valence-electron chi connectivity index (χ0n) is 18.3. The van der Waals surface area contributed by atoms with Gasteiger partial charge in [-0.05, 0) is 61.4 Å². The van der Waals surface area contributed by atoms with Gasteiger partial charge in [0.2, 0.25) is 0 Å². The Kier molecular flexibility index (Phi) is 3.10. The largest absolute Gasteiger partial charge is 0.504 e. The molecule has 4 atom stereocenters. The van der Waals surface area contributed by atoms with Crippen molar-refractivity contribution in [3.8, 4) is 11.5 Å². The number of piperidine rings is 1. The topological polar surface area (TPSA) is 57.9 Å². The summed E-state index contributed by atoms with van der Waals surface area (Å²) in [5, 5.41) is 24.8. The Balaban J connectivity index is 1.44. The maximum Gasteiger partial charge on any atom is 0.166 e. The predicted octanol–water partition coefficient (Wildman–Crippen LogP) is 3.58. The van der Waals surface area contributed by atoms with Crippen LogP contribution in [0.25, 0.3) is 10.9 Å². The third kappa shape index (κ3) is 1.84. The molecule has 5 nitrogen and oxygen atoms in total. The van der Waals surface area contributed by atoms with Gasteiger partial charge >= 0.3 is 0 Å². The molecule has 5 aliphatic rings. The second-order valence-corrected chi connectivity index (χ2v) is 10.9. The molecule has 1 saturated heterocycles. The van der Waals surface area contributed by atoms with Crippen LogP contribution in [0.15, 0.2) is 36.4 Å². The summed E-state index contributed by atoms with van der Waals surface area (Å²) in [7, 11) is 2.12. The van der Waals surface area contributed by atoms with Crippen molar-refractivity contribution in [2.75, 3.05) is 13.1 Å². The van der Waals surface area contributed by atoms with E-state index in [0.717, 1.165) is 37.4 Å². The molecular formula is C27H28N2O3. The maximum absolute atomic E-state index is 12.8. The van der Waals surface area contributed by atoms with Crippen molar-refractivity contribution in [3.63, 3.8) is 0 Å². The van der Waals surface area contributed by atoms with Gasteiger partial charge in [0.05, 0.1) is 16.7 Å². The monoisotopic (exact) mass is 428 g/mol. The minimum Gasteiger partial charge on any atom is -0.504 e. The van der Waals surface area contributed by atoms with Crippen molar-refractivity contribution in [1.29, 1.82) is 0 Å². The number of rotatable bonds is 2. The van der Waals surface area contributed by atoms with Crippen LogP contribution < -0.4 is 4.74 Å². The quantitative estimate of drug-likeness (QED) is 0.655. The lowest BCUT2D eigenvalue weighted by Gasteiger charge is -2.63. The fourth-order valence-corrected chi connectivity index (χ4v) is 7.93. The van der Waals surface area contributed by atoms with E-state index in [0.29, 0.717) is 12.2 Å². The highest BCUT2D eigenvalue weighted by molar-refractivity contribution is 5.87. The van der Waals surface area contributed by atoms with Crippen molar-refractivity contribution >= 4 is 10.9 Å². The van der Waals surface area contributed by atoms with E-state index in [9.17, 15) is 10.2 Å². The zero-order valence-corrected chi connectivity index (χ0v) is 18.3. The number of nitrogens with zero attached hydrogens (tertiary/aromatic N) is 2. The smallest absolute Gasteiger partial charge is 0.166 e. The minimum absolute atomic E-state index is 0.0815. The molecule has 164 valence electrons. The molecule has 1 spiro atoms. The molecule has 1 aromatic heterocycles. The molecule has 1 saturated carbocycles. The van der Waals surface area contributed by atoms with E-state index in [2.05, 4.69) is 46.8 Å². The number of aromatic nitrogens is 1. The Morgan fingerprint density at radius 1 is 1.16 bits per heavy atom. The summed E-state index contributed by atoms with van der Waals surface area (Å²) >= 11 is 0. The minimum atomic E-state index is -0.909. The van der Waals surface area contributed by atoms with Crippen LogP contribution in [0.1, 0.15) is 47.8 Å². The van der Waals surface area contributed by atoms with E-state index in [-0.39, 0.29) is 17.9 Å². The molecule has 32 heavy (non-hydrogen) atoms. The first-order valence-corrected chi connectivity index (χ1v) is 12.1. The molecule has 5 heteroatoms. The molecule has 2 bridgehead atoms.